The normalized spacial score (nSPS) is 13.0. The Morgan fingerprint density at radius 1 is 1.21 bits per heavy atom. The van der Waals surface area contributed by atoms with Crippen molar-refractivity contribution in [1.82, 2.24) is 9.78 Å². The molecule has 1 aliphatic rings. The number of rotatable bonds is 5. The molecule has 0 radical (unpaired) electrons. The van der Waals surface area contributed by atoms with E-state index in [1.807, 2.05) is 30.3 Å². The number of amides is 1. The number of benzene rings is 2. The Kier molecular flexibility index (Phi) is 5.83. The summed E-state index contributed by atoms with van der Waals surface area (Å²) in [6, 6.07) is 18.2. The maximum absolute atomic E-state index is 12.4. The number of nitrogens with one attached hydrogen (secondary N) is 1. The molecule has 0 saturated carbocycles. The lowest BCUT2D eigenvalue weighted by Gasteiger charge is -2.14. The summed E-state index contributed by atoms with van der Waals surface area (Å²) in [5, 5.41) is 7.30. The van der Waals surface area contributed by atoms with Crippen molar-refractivity contribution in [2.45, 2.75) is 19.2 Å². The zero-order chi connectivity index (χ0) is 19.3. The van der Waals surface area contributed by atoms with Crippen molar-refractivity contribution in [1.29, 1.82) is 0 Å². The first kappa shape index (κ1) is 18.8. The number of fused-ring (bicyclic) bond motifs is 1. The molecule has 1 N–H and O–H groups in total. The second-order valence-corrected chi connectivity index (χ2v) is 8.68. The number of nitrogens with zero attached hydrogens (tertiary/aromatic N) is 3. The van der Waals surface area contributed by atoms with Crippen LogP contribution in [0.25, 0.3) is 0 Å². The van der Waals surface area contributed by atoms with Crippen LogP contribution in [0.3, 0.4) is 0 Å². The van der Waals surface area contributed by atoms with Gasteiger partial charge in [0.2, 0.25) is 5.91 Å². The third kappa shape index (κ3) is 4.66. The number of aryl methyl sites for hydroxylation is 1. The number of anilines is 1. The molecule has 142 valence electrons. The molecule has 5 nitrogen and oxygen atoms in total. The topological polar surface area (TPSA) is 59.3 Å². The lowest BCUT2D eigenvalue weighted by molar-refractivity contribution is -0.113. The fourth-order valence-electron chi connectivity index (χ4n) is 2.94. The molecule has 28 heavy (non-hydrogen) atoms. The van der Waals surface area contributed by atoms with E-state index in [-0.39, 0.29) is 5.91 Å². The third-order valence-electron chi connectivity index (χ3n) is 4.28. The van der Waals surface area contributed by atoms with E-state index in [0.29, 0.717) is 18.1 Å². The van der Waals surface area contributed by atoms with Gasteiger partial charge in [0.05, 0.1) is 24.2 Å². The lowest BCUT2D eigenvalue weighted by atomic mass is 10.1. The van der Waals surface area contributed by atoms with Crippen molar-refractivity contribution in [2.75, 3.05) is 11.1 Å². The molecule has 4 rings (SSSR count). The summed E-state index contributed by atoms with van der Waals surface area (Å²) < 4.78 is 2.74. The van der Waals surface area contributed by atoms with Crippen molar-refractivity contribution in [2.24, 2.45) is 4.99 Å². The van der Waals surface area contributed by atoms with Gasteiger partial charge in [0, 0.05) is 11.8 Å². The van der Waals surface area contributed by atoms with Crippen LogP contribution in [0.1, 0.15) is 16.7 Å². The van der Waals surface area contributed by atoms with Crippen LogP contribution in [-0.2, 0) is 17.1 Å². The average molecular weight is 409 g/mol. The van der Waals surface area contributed by atoms with Gasteiger partial charge in [0.1, 0.15) is 10.2 Å². The van der Waals surface area contributed by atoms with Crippen LogP contribution >= 0.6 is 23.5 Å². The molecule has 1 aliphatic heterocycles. The van der Waals surface area contributed by atoms with Gasteiger partial charge in [-0.3, -0.25) is 4.79 Å². The average Bonchev–Trinajstić information content (AvgIpc) is 3.12. The van der Waals surface area contributed by atoms with Gasteiger partial charge >= 0.3 is 0 Å². The van der Waals surface area contributed by atoms with Crippen LogP contribution in [0, 0.1) is 6.92 Å². The highest BCUT2D eigenvalue weighted by molar-refractivity contribution is 8.38. The highest BCUT2D eigenvalue weighted by Gasteiger charge is 2.15. The molecule has 0 atom stereocenters. The number of hydrogen-bond donors (Lipinski definition) is 1. The molecule has 1 amide bonds. The monoisotopic (exact) mass is 408 g/mol. The highest BCUT2D eigenvalue weighted by Crippen LogP contribution is 2.34. The zero-order valence-corrected chi connectivity index (χ0v) is 17.1. The molecule has 0 fully saturated rings. The lowest BCUT2D eigenvalue weighted by Crippen LogP contribution is -2.18. The summed E-state index contributed by atoms with van der Waals surface area (Å²) in [4.78, 5) is 17.1. The molecule has 3 aromatic rings. The van der Waals surface area contributed by atoms with E-state index in [0.717, 1.165) is 21.4 Å². The molecule has 0 unspecified atom stereocenters. The van der Waals surface area contributed by atoms with Gasteiger partial charge in [-0.15, -0.1) is 0 Å². The Morgan fingerprint density at radius 3 is 3.00 bits per heavy atom. The quantitative estimate of drug-likeness (QED) is 0.656. The number of carbonyl (C=O) groups excluding carboxylic acids is 1. The largest absolute Gasteiger partial charge is 0.310 e. The SMILES string of the molecule is Cc1cccc(Cn2nccc2NC(=O)CSC2=Nc3ccccc3CS2)c1. The predicted octanol–water partition coefficient (Wildman–Crippen LogP) is 4.85. The summed E-state index contributed by atoms with van der Waals surface area (Å²) >= 11 is 3.15. The second-order valence-electron chi connectivity index (χ2n) is 6.50. The maximum atomic E-state index is 12.4. The minimum atomic E-state index is -0.0573. The number of aliphatic imine (C=N–C) groups is 1. The van der Waals surface area contributed by atoms with Gasteiger partial charge in [-0.25, -0.2) is 9.67 Å². The van der Waals surface area contributed by atoms with Crippen LogP contribution in [-0.4, -0.2) is 25.8 Å². The summed E-state index contributed by atoms with van der Waals surface area (Å²) in [6.45, 7) is 2.69. The van der Waals surface area contributed by atoms with Gasteiger partial charge in [-0.05, 0) is 24.1 Å². The summed E-state index contributed by atoms with van der Waals surface area (Å²) in [7, 11) is 0. The first-order chi connectivity index (χ1) is 13.7. The Labute approximate surface area is 172 Å². The van der Waals surface area contributed by atoms with Gasteiger partial charge in [-0.1, -0.05) is 71.6 Å². The third-order valence-corrected chi connectivity index (χ3v) is 6.53. The van der Waals surface area contributed by atoms with Crippen molar-refractivity contribution >= 4 is 45.3 Å². The Hall–Kier alpha value is -2.51. The van der Waals surface area contributed by atoms with E-state index in [2.05, 4.69) is 46.6 Å². The van der Waals surface area contributed by atoms with Crippen LogP contribution < -0.4 is 5.32 Å². The Balaban J connectivity index is 1.35. The van der Waals surface area contributed by atoms with E-state index >= 15 is 0 Å². The van der Waals surface area contributed by atoms with Crippen LogP contribution in [0.4, 0.5) is 11.5 Å². The van der Waals surface area contributed by atoms with Crippen LogP contribution in [0.2, 0.25) is 0 Å². The van der Waals surface area contributed by atoms with Crippen molar-refractivity contribution in [3.05, 3.63) is 77.5 Å². The van der Waals surface area contributed by atoms with E-state index in [9.17, 15) is 4.79 Å². The van der Waals surface area contributed by atoms with E-state index in [1.54, 1.807) is 22.6 Å². The Morgan fingerprint density at radius 2 is 2.11 bits per heavy atom. The highest BCUT2D eigenvalue weighted by atomic mass is 32.2. The van der Waals surface area contributed by atoms with Crippen LogP contribution in [0.5, 0.6) is 0 Å². The molecule has 2 heterocycles. The Bertz CT molecular complexity index is 1030. The molecule has 2 aromatic carbocycles. The molecule has 0 bridgehead atoms. The van der Waals surface area contributed by atoms with Crippen molar-refractivity contribution in [3.63, 3.8) is 0 Å². The molecule has 0 saturated heterocycles. The van der Waals surface area contributed by atoms with Gasteiger partial charge in [0.25, 0.3) is 0 Å². The molecule has 1 aromatic heterocycles. The predicted molar refractivity (Wildman–Crippen MR) is 118 cm³/mol. The molecule has 0 spiro atoms. The van der Waals surface area contributed by atoms with Gasteiger partial charge in [0.15, 0.2) is 0 Å². The number of para-hydroxylation sites is 1. The van der Waals surface area contributed by atoms with Crippen molar-refractivity contribution < 1.29 is 4.79 Å². The number of thioether (sulfide) groups is 2. The van der Waals surface area contributed by atoms with Crippen LogP contribution in [0.15, 0.2) is 65.8 Å². The van der Waals surface area contributed by atoms with Crippen molar-refractivity contribution in [3.8, 4) is 0 Å². The van der Waals surface area contributed by atoms with Gasteiger partial charge in [-0.2, -0.15) is 5.10 Å². The second kappa shape index (κ2) is 8.67. The van der Waals surface area contributed by atoms with E-state index in [4.69, 9.17) is 0 Å². The number of hydrogen-bond acceptors (Lipinski definition) is 5. The number of carbonyl (C=O) groups is 1. The van der Waals surface area contributed by atoms with E-state index < -0.39 is 0 Å². The first-order valence-corrected chi connectivity index (χ1v) is 10.9. The maximum Gasteiger partial charge on any atom is 0.235 e. The van der Waals surface area contributed by atoms with E-state index in [1.165, 1.54) is 22.9 Å². The summed E-state index contributed by atoms with van der Waals surface area (Å²) in [6.07, 6.45) is 1.70. The first-order valence-electron chi connectivity index (χ1n) is 8.97. The molecular weight excluding hydrogens is 388 g/mol. The minimum absolute atomic E-state index is 0.0573. The fraction of sp³-hybridized carbons (Fsp3) is 0.190. The van der Waals surface area contributed by atoms with Gasteiger partial charge < -0.3 is 5.32 Å². The standard InChI is InChI=1S/C21H20N4OS2/c1-15-5-4-6-16(11-15)12-25-19(9-10-22-25)24-20(26)14-28-21-23-18-8-3-2-7-17(18)13-27-21/h2-11H,12-14H2,1H3,(H,24,26). The summed E-state index contributed by atoms with van der Waals surface area (Å²) in [5.41, 5.74) is 4.60. The smallest absolute Gasteiger partial charge is 0.235 e. The molecule has 0 aliphatic carbocycles. The fourth-order valence-corrected chi connectivity index (χ4v) is 4.80. The molecule has 7 heteroatoms. The molecular formula is C21H20N4OS2. The minimum Gasteiger partial charge on any atom is -0.310 e. The summed E-state index contributed by atoms with van der Waals surface area (Å²) in [5.74, 6) is 1.87. The zero-order valence-electron chi connectivity index (χ0n) is 15.5. The number of aromatic nitrogens is 2.